The molecule has 37 heavy (non-hydrogen) atoms. The highest BCUT2D eigenvalue weighted by Gasteiger charge is 2.42. The second-order valence-electron chi connectivity index (χ2n) is 8.51. The van der Waals surface area contributed by atoms with Crippen molar-refractivity contribution in [2.24, 2.45) is 0 Å². The van der Waals surface area contributed by atoms with Crippen molar-refractivity contribution >= 4 is 38.7 Å². The number of anilines is 2. The van der Waals surface area contributed by atoms with Crippen LogP contribution in [0.2, 0.25) is 0 Å². The molecular formula is C26H24FN5O3S2. The Morgan fingerprint density at radius 1 is 1.08 bits per heavy atom. The molecule has 1 aliphatic rings. The van der Waals surface area contributed by atoms with Crippen LogP contribution >= 0.6 is 12.2 Å². The number of nitrogens with zero attached hydrogens (tertiary/aromatic N) is 3. The average molecular weight is 538 g/mol. The van der Waals surface area contributed by atoms with Gasteiger partial charge in [0, 0.05) is 23.8 Å². The molecule has 3 heterocycles. The molecular weight excluding hydrogens is 513 g/mol. The van der Waals surface area contributed by atoms with Crippen molar-refractivity contribution in [3.05, 3.63) is 102 Å². The van der Waals surface area contributed by atoms with Crippen LogP contribution in [0.3, 0.4) is 0 Å². The van der Waals surface area contributed by atoms with Gasteiger partial charge in [-0.1, -0.05) is 18.2 Å². The van der Waals surface area contributed by atoms with E-state index >= 15 is 0 Å². The van der Waals surface area contributed by atoms with Crippen LogP contribution in [0.5, 0.6) is 5.75 Å². The third kappa shape index (κ3) is 4.87. The van der Waals surface area contributed by atoms with Crippen LogP contribution in [0.15, 0.2) is 85.2 Å². The lowest BCUT2D eigenvalue weighted by atomic mass is 10.0. The fraction of sp³-hybridized carbons (Fsp3) is 0.154. The summed E-state index contributed by atoms with van der Waals surface area (Å²) in [6.45, 7) is 0. The Bertz CT molecular complexity index is 1560. The van der Waals surface area contributed by atoms with Crippen molar-refractivity contribution < 1.29 is 17.5 Å². The molecule has 5 rings (SSSR count). The number of para-hydroxylation sites is 1. The summed E-state index contributed by atoms with van der Waals surface area (Å²) in [5.74, 6) is -0.00156. The number of pyridine rings is 1. The third-order valence-electron chi connectivity index (χ3n) is 6.05. The maximum Gasteiger partial charge on any atom is 0.229 e. The molecule has 0 spiro atoms. The number of thiocarbonyl (C=S) groups is 1. The van der Waals surface area contributed by atoms with Gasteiger partial charge in [-0.05, 0) is 66.8 Å². The van der Waals surface area contributed by atoms with Crippen molar-refractivity contribution in [2.75, 3.05) is 23.0 Å². The van der Waals surface area contributed by atoms with Gasteiger partial charge in [-0.25, -0.2) is 12.8 Å². The summed E-state index contributed by atoms with van der Waals surface area (Å²) < 4.78 is 48.6. The number of nitrogens with one attached hydrogen (secondary N) is 2. The average Bonchev–Trinajstić information content (AvgIpc) is 3.48. The molecule has 0 aliphatic carbocycles. The zero-order chi connectivity index (χ0) is 26.2. The summed E-state index contributed by atoms with van der Waals surface area (Å²) in [5, 5.41) is 3.78. The molecule has 0 radical (unpaired) electrons. The quantitative estimate of drug-likeness (QED) is 0.334. The number of aromatic nitrogens is 2. The van der Waals surface area contributed by atoms with Crippen molar-refractivity contribution in [1.82, 2.24) is 14.9 Å². The van der Waals surface area contributed by atoms with Crippen molar-refractivity contribution in [3.8, 4) is 11.4 Å². The number of methoxy groups -OCH3 is 1. The Hall–Kier alpha value is -3.96. The van der Waals surface area contributed by atoms with E-state index in [9.17, 15) is 12.8 Å². The lowest BCUT2D eigenvalue weighted by Crippen LogP contribution is -2.30. The van der Waals surface area contributed by atoms with Gasteiger partial charge in [0.05, 0.1) is 36.5 Å². The molecule has 2 aromatic carbocycles. The highest BCUT2D eigenvalue weighted by atomic mass is 32.2. The number of halogens is 1. The minimum absolute atomic E-state index is 0.273. The van der Waals surface area contributed by atoms with Crippen LogP contribution < -0.4 is 19.7 Å². The fourth-order valence-electron chi connectivity index (χ4n) is 4.56. The van der Waals surface area contributed by atoms with Gasteiger partial charge in [0.2, 0.25) is 10.0 Å². The number of benzene rings is 2. The van der Waals surface area contributed by atoms with Gasteiger partial charge < -0.3 is 19.5 Å². The zero-order valence-electron chi connectivity index (χ0n) is 20.0. The van der Waals surface area contributed by atoms with Crippen molar-refractivity contribution in [3.63, 3.8) is 0 Å². The molecule has 2 aromatic heterocycles. The van der Waals surface area contributed by atoms with Crippen LogP contribution in [0, 0.1) is 5.82 Å². The summed E-state index contributed by atoms with van der Waals surface area (Å²) in [6.07, 6.45) is 4.58. The number of sulfonamides is 1. The van der Waals surface area contributed by atoms with Crippen LogP contribution in [-0.4, -0.2) is 36.4 Å². The molecule has 0 unspecified atom stereocenters. The second kappa shape index (κ2) is 9.83. The van der Waals surface area contributed by atoms with E-state index in [0.29, 0.717) is 22.2 Å². The highest BCUT2D eigenvalue weighted by Crippen LogP contribution is 2.44. The standard InChI is InChI=1S/C26H24FN5O3S2/c1-35-23-13-12-17(16-20(23)30-37(2,33)34)32-25(24(29-26(32)36)19-9-5-6-14-28-19)22-11-7-15-31(22)21-10-4-3-8-18(21)27/h3-16,24-25,30H,1-2H3,(H,29,36)/t24-,25-/m1/s1. The Labute approximate surface area is 219 Å². The molecule has 0 bridgehead atoms. The van der Waals surface area contributed by atoms with Crippen LogP contribution in [0.25, 0.3) is 5.69 Å². The first-order valence-corrected chi connectivity index (χ1v) is 13.7. The largest absolute Gasteiger partial charge is 0.495 e. The molecule has 11 heteroatoms. The Balaban J connectivity index is 1.68. The van der Waals surface area contributed by atoms with E-state index in [1.54, 1.807) is 53.4 Å². The summed E-state index contributed by atoms with van der Waals surface area (Å²) in [6, 6.07) is 20.2. The first-order valence-electron chi connectivity index (χ1n) is 11.4. The number of rotatable bonds is 7. The number of hydrogen-bond donors (Lipinski definition) is 2. The molecule has 4 aromatic rings. The molecule has 8 nitrogen and oxygen atoms in total. The van der Waals surface area contributed by atoms with Gasteiger partial charge in [-0.3, -0.25) is 9.71 Å². The molecule has 2 atom stereocenters. The van der Waals surface area contributed by atoms with Gasteiger partial charge in [0.25, 0.3) is 0 Å². The SMILES string of the molecule is COc1ccc(N2C(=S)N[C@H](c3ccccn3)[C@H]2c2cccn2-c2ccccc2F)cc1NS(C)(=O)=O. The number of ether oxygens (including phenoxy) is 1. The lowest BCUT2D eigenvalue weighted by molar-refractivity contribution is 0.417. The van der Waals surface area contributed by atoms with E-state index in [4.69, 9.17) is 17.0 Å². The highest BCUT2D eigenvalue weighted by molar-refractivity contribution is 7.92. The third-order valence-corrected chi connectivity index (χ3v) is 6.96. The maximum absolute atomic E-state index is 14.9. The van der Waals surface area contributed by atoms with Gasteiger partial charge >= 0.3 is 0 Å². The van der Waals surface area contributed by atoms with E-state index in [2.05, 4.69) is 15.0 Å². The van der Waals surface area contributed by atoms with Crippen LogP contribution in [-0.2, 0) is 10.0 Å². The molecule has 190 valence electrons. The van der Waals surface area contributed by atoms with Gasteiger partial charge in [0.1, 0.15) is 17.6 Å². The van der Waals surface area contributed by atoms with Crippen LogP contribution in [0.1, 0.15) is 23.5 Å². The monoisotopic (exact) mass is 537 g/mol. The summed E-state index contributed by atoms with van der Waals surface area (Å²) in [4.78, 5) is 6.44. The maximum atomic E-state index is 14.9. The van der Waals surface area contributed by atoms with Gasteiger partial charge in [-0.15, -0.1) is 0 Å². The van der Waals surface area contributed by atoms with E-state index in [0.717, 1.165) is 17.6 Å². The minimum atomic E-state index is -3.57. The molecule has 0 saturated carbocycles. The smallest absolute Gasteiger partial charge is 0.229 e. The van der Waals surface area contributed by atoms with Crippen LogP contribution in [0.4, 0.5) is 15.8 Å². The van der Waals surface area contributed by atoms with Gasteiger partial charge in [-0.2, -0.15) is 0 Å². The molecule has 1 fully saturated rings. The predicted molar refractivity (Wildman–Crippen MR) is 145 cm³/mol. The molecule has 1 saturated heterocycles. The zero-order valence-corrected chi connectivity index (χ0v) is 21.6. The predicted octanol–water partition coefficient (Wildman–Crippen LogP) is 4.57. The van der Waals surface area contributed by atoms with E-state index in [1.165, 1.54) is 13.2 Å². The summed E-state index contributed by atoms with van der Waals surface area (Å²) in [5.41, 5.74) is 2.81. The first-order chi connectivity index (χ1) is 17.8. The topological polar surface area (TPSA) is 88.5 Å². The normalized spacial score (nSPS) is 17.5. The molecule has 1 aliphatic heterocycles. The molecule has 0 amide bonds. The number of hydrogen-bond acceptors (Lipinski definition) is 5. The fourth-order valence-corrected chi connectivity index (χ4v) is 5.47. The van der Waals surface area contributed by atoms with Crippen molar-refractivity contribution in [1.29, 1.82) is 0 Å². The van der Waals surface area contributed by atoms with Gasteiger partial charge in [0.15, 0.2) is 5.11 Å². The minimum Gasteiger partial charge on any atom is -0.495 e. The Morgan fingerprint density at radius 2 is 1.86 bits per heavy atom. The van der Waals surface area contributed by atoms with E-state index < -0.39 is 16.1 Å². The lowest BCUT2D eigenvalue weighted by Gasteiger charge is -2.29. The van der Waals surface area contributed by atoms with E-state index in [-0.39, 0.29) is 17.5 Å². The first kappa shape index (κ1) is 24.7. The summed E-state index contributed by atoms with van der Waals surface area (Å²) >= 11 is 5.78. The second-order valence-corrected chi connectivity index (χ2v) is 10.6. The Morgan fingerprint density at radius 3 is 2.57 bits per heavy atom. The van der Waals surface area contributed by atoms with Crippen molar-refractivity contribution in [2.45, 2.75) is 12.1 Å². The molecule has 2 N–H and O–H groups in total. The summed E-state index contributed by atoms with van der Waals surface area (Å²) in [7, 11) is -2.11. The van der Waals surface area contributed by atoms with E-state index in [1.807, 2.05) is 35.2 Å². The Kier molecular flexibility index (Phi) is 6.57.